The number of hydrogen-bond acceptors (Lipinski definition) is 2. The third-order valence-electron chi connectivity index (χ3n) is 3.60. The van der Waals surface area contributed by atoms with E-state index in [1.807, 2.05) is 30.3 Å². The van der Waals surface area contributed by atoms with Crippen LogP contribution in [0.3, 0.4) is 0 Å². The van der Waals surface area contributed by atoms with Crippen molar-refractivity contribution in [1.29, 1.82) is 5.26 Å². The van der Waals surface area contributed by atoms with E-state index in [4.69, 9.17) is 10.00 Å². The molecule has 0 radical (unpaired) electrons. The van der Waals surface area contributed by atoms with Gasteiger partial charge in [-0.15, -0.1) is 0 Å². The van der Waals surface area contributed by atoms with Crippen molar-refractivity contribution >= 4 is 0 Å². The van der Waals surface area contributed by atoms with Crippen LogP contribution in [0.2, 0.25) is 0 Å². The topological polar surface area (TPSA) is 33.0 Å². The van der Waals surface area contributed by atoms with Crippen LogP contribution in [0, 0.1) is 17.2 Å². The number of rotatable bonds is 7. The van der Waals surface area contributed by atoms with E-state index in [-0.39, 0.29) is 5.92 Å². The fourth-order valence-corrected chi connectivity index (χ4v) is 2.25. The summed E-state index contributed by atoms with van der Waals surface area (Å²) >= 11 is 0. The smallest absolute Gasteiger partial charge is 0.119 e. The van der Waals surface area contributed by atoms with Crippen LogP contribution in [0.1, 0.15) is 26.2 Å². The number of benzene rings is 2. The summed E-state index contributed by atoms with van der Waals surface area (Å²) in [6.07, 6.45) is 2.75. The molecule has 0 aliphatic rings. The number of hydrogen-bond donors (Lipinski definition) is 0. The first kappa shape index (κ1) is 15.1. The molecule has 2 rings (SSSR count). The summed E-state index contributed by atoms with van der Waals surface area (Å²) in [6.45, 7) is 2.72. The highest BCUT2D eigenvalue weighted by Crippen LogP contribution is 2.22. The van der Waals surface area contributed by atoms with Crippen molar-refractivity contribution in [3.8, 4) is 22.9 Å². The maximum absolute atomic E-state index is 8.89. The molecule has 0 aliphatic carbocycles. The van der Waals surface area contributed by atoms with Crippen LogP contribution in [-0.2, 0) is 0 Å². The fraction of sp³-hybridized carbons (Fsp3) is 0.316. The second-order valence-corrected chi connectivity index (χ2v) is 5.12. The molecule has 2 aromatic carbocycles. The summed E-state index contributed by atoms with van der Waals surface area (Å²) in [5, 5.41) is 8.89. The fourth-order valence-electron chi connectivity index (χ4n) is 2.25. The molecule has 21 heavy (non-hydrogen) atoms. The van der Waals surface area contributed by atoms with Gasteiger partial charge in [0.15, 0.2) is 0 Å². The van der Waals surface area contributed by atoms with Gasteiger partial charge in [0.25, 0.3) is 0 Å². The van der Waals surface area contributed by atoms with Crippen LogP contribution in [0.15, 0.2) is 54.6 Å². The predicted octanol–water partition coefficient (Wildman–Crippen LogP) is 5.06. The Bertz CT molecular complexity index is 569. The summed E-state index contributed by atoms with van der Waals surface area (Å²) in [7, 11) is 0. The van der Waals surface area contributed by atoms with Crippen LogP contribution < -0.4 is 4.74 Å². The quantitative estimate of drug-likeness (QED) is 0.663. The minimum Gasteiger partial charge on any atom is -0.494 e. The highest BCUT2D eigenvalue weighted by atomic mass is 16.5. The van der Waals surface area contributed by atoms with Gasteiger partial charge in [0.05, 0.1) is 12.7 Å². The Morgan fingerprint density at radius 1 is 1.00 bits per heavy atom. The minimum absolute atomic E-state index is 0.161. The Labute approximate surface area is 127 Å². The molecule has 0 bridgehead atoms. The summed E-state index contributed by atoms with van der Waals surface area (Å²) < 4.78 is 5.73. The molecule has 1 unspecified atom stereocenters. The van der Waals surface area contributed by atoms with Gasteiger partial charge in [-0.25, -0.2) is 0 Å². The maximum Gasteiger partial charge on any atom is 0.119 e. The van der Waals surface area contributed by atoms with Gasteiger partial charge in [0.1, 0.15) is 5.75 Å². The first-order valence-corrected chi connectivity index (χ1v) is 7.51. The standard InChI is InChI=1S/C19H21NO/c1-2-16(15-20)7-6-14-21-19-12-10-18(11-13-19)17-8-4-3-5-9-17/h3-5,8-13,16H,2,6-7,14H2,1H3. The number of nitrogens with zero attached hydrogens (tertiary/aromatic N) is 1. The Hall–Kier alpha value is -2.27. The van der Waals surface area contributed by atoms with E-state index < -0.39 is 0 Å². The zero-order valence-corrected chi connectivity index (χ0v) is 12.5. The predicted molar refractivity (Wildman–Crippen MR) is 86.0 cm³/mol. The van der Waals surface area contributed by atoms with Crippen molar-refractivity contribution in [2.24, 2.45) is 5.92 Å². The molecule has 0 aromatic heterocycles. The average molecular weight is 279 g/mol. The Kier molecular flexibility index (Phi) is 5.84. The van der Waals surface area contributed by atoms with Crippen LogP contribution in [0.25, 0.3) is 11.1 Å². The summed E-state index contributed by atoms with van der Waals surface area (Å²) in [4.78, 5) is 0. The first-order chi connectivity index (χ1) is 10.3. The van der Waals surface area contributed by atoms with E-state index in [2.05, 4.69) is 37.3 Å². The largest absolute Gasteiger partial charge is 0.494 e. The molecular formula is C19H21NO. The lowest BCUT2D eigenvalue weighted by Crippen LogP contribution is -2.01. The summed E-state index contributed by atoms with van der Waals surface area (Å²) in [5.74, 6) is 1.05. The first-order valence-electron chi connectivity index (χ1n) is 7.51. The highest BCUT2D eigenvalue weighted by molar-refractivity contribution is 5.63. The molecule has 0 N–H and O–H groups in total. The second-order valence-electron chi connectivity index (χ2n) is 5.12. The highest BCUT2D eigenvalue weighted by Gasteiger charge is 2.04. The molecule has 0 heterocycles. The minimum atomic E-state index is 0.161. The lowest BCUT2D eigenvalue weighted by atomic mass is 10.0. The van der Waals surface area contributed by atoms with Crippen molar-refractivity contribution in [3.05, 3.63) is 54.6 Å². The van der Waals surface area contributed by atoms with E-state index in [1.165, 1.54) is 11.1 Å². The third kappa shape index (κ3) is 4.65. The van der Waals surface area contributed by atoms with Gasteiger partial charge in [0, 0.05) is 5.92 Å². The second kappa shape index (κ2) is 8.11. The van der Waals surface area contributed by atoms with E-state index >= 15 is 0 Å². The Morgan fingerprint density at radius 3 is 2.29 bits per heavy atom. The van der Waals surface area contributed by atoms with Gasteiger partial charge >= 0.3 is 0 Å². The monoisotopic (exact) mass is 279 g/mol. The molecule has 0 fully saturated rings. The van der Waals surface area contributed by atoms with Gasteiger partial charge in [0.2, 0.25) is 0 Å². The molecule has 2 aromatic rings. The summed E-state index contributed by atoms with van der Waals surface area (Å²) in [6, 6.07) is 20.8. The Balaban J connectivity index is 1.82. The molecule has 0 saturated heterocycles. The van der Waals surface area contributed by atoms with Crippen LogP contribution in [0.4, 0.5) is 0 Å². The number of nitriles is 1. The van der Waals surface area contributed by atoms with Gasteiger partial charge in [-0.3, -0.25) is 0 Å². The normalized spacial score (nSPS) is 11.6. The molecule has 2 heteroatoms. The zero-order valence-electron chi connectivity index (χ0n) is 12.5. The lowest BCUT2D eigenvalue weighted by molar-refractivity contribution is 0.299. The van der Waals surface area contributed by atoms with Crippen molar-refractivity contribution < 1.29 is 4.74 Å². The van der Waals surface area contributed by atoms with Crippen LogP contribution >= 0.6 is 0 Å². The lowest BCUT2D eigenvalue weighted by Gasteiger charge is -2.09. The van der Waals surface area contributed by atoms with E-state index in [0.717, 1.165) is 25.0 Å². The van der Waals surface area contributed by atoms with Crippen molar-refractivity contribution in [1.82, 2.24) is 0 Å². The molecule has 0 amide bonds. The van der Waals surface area contributed by atoms with Gasteiger partial charge in [-0.2, -0.15) is 5.26 Å². The van der Waals surface area contributed by atoms with E-state index in [9.17, 15) is 0 Å². The van der Waals surface area contributed by atoms with Crippen molar-refractivity contribution in [2.45, 2.75) is 26.2 Å². The molecule has 0 spiro atoms. The molecular weight excluding hydrogens is 258 g/mol. The van der Waals surface area contributed by atoms with Crippen molar-refractivity contribution in [3.63, 3.8) is 0 Å². The SMILES string of the molecule is CCC(C#N)CCCOc1ccc(-c2ccccc2)cc1. The third-order valence-corrected chi connectivity index (χ3v) is 3.60. The van der Waals surface area contributed by atoms with E-state index in [0.29, 0.717) is 6.61 Å². The van der Waals surface area contributed by atoms with Crippen molar-refractivity contribution in [2.75, 3.05) is 6.61 Å². The van der Waals surface area contributed by atoms with Gasteiger partial charge in [-0.05, 0) is 42.5 Å². The molecule has 0 aliphatic heterocycles. The Morgan fingerprint density at radius 2 is 1.67 bits per heavy atom. The molecule has 0 saturated carbocycles. The molecule has 1 atom stereocenters. The molecule has 2 nitrogen and oxygen atoms in total. The van der Waals surface area contributed by atoms with Crippen LogP contribution in [-0.4, -0.2) is 6.61 Å². The van der Waals surface area contributed by atoms with Crippen LogP contribution in [0.5, 0.6) is 5.75 Å². The maximum atomic E-state index is 8.89. The molecule has 108 valence electrons. The number of ether oxygens (including phenoxy) is 1. The van der Waals surface area contributed by atoms with Gasteiger partial charge < -0.3 is 4.74 Å². The average Bonchev–Trinajstić information content (AvgIpc) is 2.56. The van der Waals surface area contributed by atoms with Gasteiger partial charge in [-0.1, -0.05) is 49.4 Å². The summed E-state index contributed by atoms with van der Waals surface area (Å²) in [5.41, 5.74) is 2.40. The zero-order chi connectivity index (χ0) is 14.9. The van der Waals surface area contributed by atoms with E-state index in [1.54, 1.807) is 0 Å².